The van der Waals surface area contributed by atoms with Crippen molar-refractivity contribution in [3.8, 4) is 0 Å². The largest absolute Gasteiger partial charge is 0.481 e. The minimum absolute atomic E-state index is 0. The standard InChI is InChI=1S/C12H21N3O2S.ClH/c1-12(2,10(16)17)3-5-14-8-9-7-13-4-6-15(9)11(14)18;/h9,13H,3-8H2,1-2H3,(H,16,17);1H. The minimum Gasteiger partial charge on any atom is -0.481 e. The van der Waals surface area contributed by atoms with Crippen LogP contribution in [-0.2, 0) is 4.79 Å². The molecule has 0 bridgehead atoms. The maximum Gasteiger partial charge on any atom is 0.309 e. The van der Waals surface area contributed by atoms with Gasteiger partial charge in [-0.1, -0.05) is 0 Å². The quantitative estimate of drug-likeness (QED) is 0.749. The van der Waals surface area contributed by atoms with Gasteiger partial charge in [-0.25, -0.2) is 0 Å². The van der Waals surface area contributed by atoms with Crippen LogP contribution in [0.25, 0.3) is 0 Å². The molecule has 5 nitrogen and oxygen atoms in total. The van der Waals surface area contributed by atoms with Crippen LogP contribution in [0.1, 0.15) is 20.3 Å². The molecule has 2 heterocycles. The lowest BCUT2D eigenvalue weighted by atomic mass is 9.89. The van der Waals surface area contributed by atoms with Crippen LogP contribution in [0.4, 0.5) is 0 Å². The van der Waals surface area contributed by atoms with Gasteiger partial charge in [-0.2, -0.15) is 0 Å². The number of carbonyl (C=O) groups is 1. The van der Waals surface area contributed by atoms with Crippen molar-refractivity contribution in [3.63, 3.8) is 0 Å². The normalized spacial score (nSPS) is 23.1. The zero-order valence-electron chi connectivity index (χ0n) is 11.4. The number of piperazine rings is 1. The molecule has 0 aromatic rings. The summed E-state index contributed by atoms with van der Waals surface area (Å²) >= 11 is 5.47. The highest BCUT2D eigenvalue weighted by Crippen LogP contribution is 2.24. The molecule has 2 rings (SSSR count). The minimum atomic E-state index is -0.744. The van der Waals surface area contributed by atoms with Gasteiger partial charge in [-0.05, 0) is 32.5 Å². The van der Waals surface area contributed by atoms with E-state index in [1.807, 2.05) is 0 Å². The second-order valence-corrected chi connectivity index (χ2v) is 6.08. The van der Waals surface area contributed by atoms with E-state index in [-0.39, 0.29) is 12.4 Å². The zero-order valence-corrected chi connectivity index (χ0v) is 13.0. The van der Waals surface area contributed by atoms with Crippen molar-refractivity contribution in [3.05, 3.63) is 0 Å². The van der Waals surface area contributed by atoms with Gasteiger partial charge in [0.15, 0.2) is 5.11 Å². The van der Waals surface area contributed by atoms with Gasteiger partial charge in [-0.3, -0.25) is 4.79 Å². The first-order valence-corrected chi connectivity index (χ1v) is 6.82. The van der Waals surface area contributed by atoms with E-state index in [4.69, 9.17) is 17.3 Å². The molecule has 0 saturated carbocycles. The van der Waals surface area contributed by atoms with E-state index in [1.165, 1.54) is 0 Å². The summed E-state index contributed by atoms with van der Waals surface area (Å²) in [6.07, 6.45) is 0.621. The highest BCUT2D eigenvalue weighted by atomic mass is 35.5. The number of nitrogens with zero attached hydrogens (tertiary/aromatic N) is 2. The van der Waals surface area contributed by atoms with Crippen LogP contribution in [-0.4, -0.2) is 64.8 Å². The third-order valence-corrected chi connectivity index (χ3v) is 4.38. The molecule has 0 aliphatic carbocycles. The average molecular weight is 308 g/mol. The molecular formula is C12H22ClN3O2S. The summed E-state index contributed by atoms with van der Waals surface area (Å²) in [6, 6.07) is 0.458. The molecule has 0 radical (unpaired) electrons. The Labute approximate surface area is 125 Å². The molecule has 0 spiro atoms. The fourth-order valence-corrected chi connectivity index (χ4v) is 2.80. The predicted molar refractivity (Wildman–Crippen MR) is 80.8 cm³/mol. The summed E-state index contributed by atoms with van der Waals surface area (Å²) in [5.74, 6) is -0.744. The molecular weight excluding hydrogens is 286 g/mol. The van der Waals surface area contributed by atoms with Crippen molar-refractivity contribution in [2.75, 3.05) is 32.7 Å². The summed E-state index contributed by atoms with van der Waals surface area (Å²) in [6.45, 7) is 8.09. The fraction of sp³-hybridized carbons (Fsp3) is 0.833. The second kappa shape index (κ2) is 6.24. The first-order valence-electron chi connectivity index (χ1n) is 6.41. The van der Waals surface area contributed by atoms with E-state index >= 15 is 0 Å². The maximum absolute atomic E-state index is 11.1. The average Bonchev–Trinajstić information content (AvgIpc) is 2.64. The third kappa shape index (κ3) is 3.49. The molecule has 7 heteroatoms. The summed E-state index contributed by atoms with van der Waals surface area (Å²) in [5, 5.41) is 13.4. The number of aliphatic carboxylic acids is 1. The molecule has 0 aromatic heterocycles. The van der Waals surface area contributed by atoms with Crippen LogP contribution < -0.4 is 5.32 Å². The second-order valence-electron chi connectivity index (χ2n) is 5.72. The van der Waals surface area contributed by atoms with Crippen molar-refractivity contribution in [2.45, 2.75) is 26.3 Å². The highest BCUT2D eigenvalue weighted by molar-refractivity contribution is 7.80. The summed E-state index contributed by atoms with van der Waals surface area (Å²) in [4.78, 5) is 15.5. The molecule has 1 atom stereocenters. The van der Waals surface area contributed by atoms with Gasteiger partial charge in [0.05, 0.1) is 11.5 Å². The summed E-state index contributed by atoms with van der Waals surface area (Å²) in [7, 11) is 0. The highest BCUT2D eigenvalue weighted by Gasteiger charge is 2.36. The van der Waals surface area contributed by atoms with Gasteiger partial charge in [0.25, 0.3) is 0 Å². The molecule has 0 amide bonds. The third-order valence-electron chi connectivity index (χ3n) is 3.88. The summed E-state index contributed by atoms with van der Waals surface area (Å²) in [5.41, 5.74) is -0.684. The van der Waals surface area contributed by atoms with Crippen LogP contribution >= 0.6 is 24.6 Å². The van der Waals surface area contributed by atoms with Crippen LogP contribution in [0, 0.1) is 5.41 Å². The van der Waals surface area contributed by atoms with E-state index in [0.717, 1.165) is 37.8 Å². The lowest BCUT2D eigenvalue weighted by Crippen LogP contribution is -2.49. The fourth-order valence-electron chi connectivity index (χ4n) is 2.40. The molecule has 2 aliphatic rings. The smallest absolute Gasteiger partial charge is 0.309 e. The van der Waals surface area contributed by atoms with Gasteiger partial charge in [0.1, 0.15) is 0 Å². The monoisotopic (exact) mass is 307 g/mol. The van der Waals surface area contributed by atoms with E-state index in [0.29, 0.717) is 12.5 Å². The van der Waals surface area contributed by atoms with Crippen molar-refractivity contribution in [1.29, 1.82) is 0 Å². The van der Waals surface area contributed by atoms with Gasteiger partial charge in [-0.15, -0.1) is 12.4 Å². The molecule has 2 fully saturated rings. The van der Waals surface area contributed by atoms with E-state index in [9.17, 15) is 4.79 Å². The first-order chi connectivity index (χ1) is 8.42. The number of carboxylic acids is 1. The van der Waals surface area contributed by atoms with Crippen molar-refractivity contribution in [1.82, 2.24) is 15.1 Å². The van der Waals surface area contributed by atoms with Gasteiger partial charge >= 0.3 is 5.97 Å². The number of nitrogens with one attached hydrogen (secondary N) is 1. The van der Waals surface area contributed by atoms with Crippen LogP contribution in [0.3, 0.4) is 0 Å². The predicted octanol–water partition coefficient (Wildman–Crippen LogP) is 0.783. The molecule has 2 aliphatic heterocycles. The number of carboxylic acid groups (broad SMARTS) is 1. The van der Waals surface area contributed by atoms with Crippen molar-refractivity contribution < 1.29 is 9.90 Å². The Morgan fingerprint density at radius 3 is 2.84 bits per heavy atom. The molecule has 2 saturated heterocycles. The Hall–Kier alpha value is -0.590. The van der Waals surface area contributed by atoms with Crippen molar-refractivity contribution in [2.24, 2.45) is 5.41 Å². The Morgan fingerprint density at radius 2 is 2.26 bits per heavy atom. The topological polar surface area (TPSA) is 55.8 Å². The number of fused-ring (bicyclic) bond motifs is 1. The van der Waals surface area contributed by atoms with Crippen molar-refractivity contribution >= 4 is 35.7 Å². The Bertz CT molecular complexity index is 365. The van der Waals surface area contributed by atoms with Gasteiger partial charge in [0, 0.05) is 32.7 Å². The maximum atomic E-state index is 11.1. The van der Waals surface area contributed by atoms with E-state index < -0.39 is 11.4 Å². The number of halogens is 1. The summed E-state index contributed by atoms with van der Waals surface area (Å²) < 4.78 is 0. The Kier molecular flexibility index (Phi) is 5.41. The van der Waals surface area contributed by atoms with E-state index in [1.54, 1.807) is 13.8 Å². The number of thiocarbonyl (C=S) groups is 1. The Morgan fingerprint density at radius 1 is 1.58 bits per heavy atom. The Balaban J connectivity index is 0.00000180. The van der Waals surface area contributed by atoms with Crippen LogP contribution in [0.5, 0.6) is 0 Å². The molecule has 110 valence electrons. The first kappa shape index (κ1) is 16.5. The molecule has 19 heavy (non-hydrogen) atoms. The van der Waals surface area contributed by atoms with Gasteiger partial charge < -0.3 is 20.2 Å². The zero-order chi connectivity index (χ0) is 13.3. The van der Waals surface area contributed by atoms with Crippen LogP contribution in [0.2, 0.25) is 0 Å². The van der Waals surface area contributed by atoms with E-state index in [2.05, 4.69) is 15.1 Å². The SMILES string of the molecule is CC(C)(CCN1CC2CNCCN2C1=S)C(=O)O.Cl. The molecule has 2 N–H and O–H groups in total. The van der Waals surface area contributed by atoms with Crippen LogP contribution in [0.15, 0.2) is 0 Å². The molecule has 1 unspecified atom stereocenters. The number of hydrogen-bond donors (Lipinski definition) is 2. The lowest BCUT2D eigenvalue weighted by molar-refractivity contribution is -0.147. The van der Waals surface area contributed by atoms with Gasteiger partial charge in [0.2, 0.25) is 0 Å². The lowest BCUT2D eigenvalue weighted by Gasteiger charge is -2.30. The number of hydrogen-bond acceptors (Lipinski definition) is 3. The number of rotatable bonds is 4. The molecule has 0 aromatic carbocycles.